The van der Waals surface area contributed by atoms with Gasteiger partial charge in [0.05, 0.1) is 5.56 Å². The van der Waals surface area contributed by atoms with Crippen LogP contribution >= 0.6 is 23.4 Å². The van der Waals surface area contributed by atoms with E-state index >= 15 is 0 Å². The SMILES string of the molecule is Cc1ccccc1Sc1ncnc(Cl)c1C=O. The maximum atomic E-state index is 10.9. The summed E-state index contributed by atoms with van der Waals surface area (Å²) in [6.07, 6.45) is 2.04. The first-order valence-corrected chi connectivity index (χ1v) is 6.11. The molecule has 86 valence electrons. The van der Waals surface area contributed by atoms with Gasteiger partial charge in [-0.15, -0.1) is 0 Å². The number of halogens is 1. The minimum Gasteiger partial charge on any atom is -0.298 e. The van der Waals surface area contributed by atoms with Gasteiger partial charge in [0.25, 0.3) is 0 Å². The Kier molecular flexibility index (Phi) is 3.76. The molecule has 0 bridgehead atoms. The minimum atomic E-state index is 0.186. The Labute approximate surface area is 108 Å². The van der Waals surface area contributed by atoms with E-state index in [9.17, 15) is 4.79 Å². The lowest BCUT2D eigenvalue weighted by atomic mass is 10.2. The summed E-state index contributed by atoms with van der Waals surface area (Å²) < 4.78 is 0. The molecule has 2 aromatic rings. The molecule has 2 rings (SSSR count). The van der Waals surface area contributed by atoms with E-state index in [-0.39, 0.29) is 5.15 Å². The Bertz CT molecular complexity index is 560. The lowest BCUT2D eigenvalue weighted by molar-refractivity contribution is 0.112. The van der Waals surface area contributed by atoms with Crippen molar-refractivity contribution in [2.24, 2.45) is 0 Å². The van der Waals surface area contributed by atoms with E-state index in [2.05, 4.69) is 9.97 Å². The maximum Gasteiger partial charge on any atom is 0.155 e. The van der Waals surface area contributed by atoms with Crippen molar-refractivity contribution in [2.45, 2.75) is 16.8 Å². The highest BCUT2D eigenvalue weighted by atomic mass is 35.5. The van der Waals surface area contributed by atoms with Crippen molar-refractivity contribution in [2.75, 3.05) is 0 Å². The molecule has 0 aliphatic rings. The third-order valence-corrected chi connectivity index (χ3v) is 3.71. The second kappa shape index (κ2) is 5.29. The van der Waals surface area contributed by atoms with Crippen LogP contribution in [0.2, 0.25) is 5.15 Å². The summed E-state index contributed by atoms with van der Waals surface area (Å²) in [7, 11) is 0. The van der Waals surface area contributed by atoms with Crippen LogP contribution in [0, 0.1) is 6.92 Å². The Morgan fingerprint density at radius 1 is 1.29 bits per heavy atom. The summed E-state index contributed by atoms with van der Waals surface area (Å²) in [6, 6.07) is 7.89. The first-order chi connectivity index (χ1) is 8.22. The first-order valence-electron chi connectivity index (χ1n) is 4.91. The van der Waals surface area contributed by atoms with Gasteiger partial charge in [0.15, 0.2) is 6.29 Å². The largest absolute Gasteiger partial charge is 0.298 e. The molecule has 0 fully saturated rings. The molecule has 3 nitrogen and oxygen atoms in total. The summed E-state index contributed by atoms with van der Waals surface area (Å²) >= 11 is 7.25. The standard InChI is InChI=1S/C12H9ClN2OS/c1-8-4-2-3-5-10(8)17-12-9(6-16)11(13)14-7-15-12/h2-7H,1H3. The summed E-state index contributed by atoms with van der Waals surface area (Å²) in [4.78, 5) is 19.9. The second-order valence-electron chi connectivity index (χ2n) is 3.37. The number of aldehydes is 1. The van der Waals surface area contributed by atoms with Crippen molar-refractivity contribution in [3.05, 3.63) is 46.9 Å². The van der Waals surface area contributed by atoms with Crippen molar-refractivity contribution >= 4 is 29.6 Å². The van der Waals surface area contributed by atoms with E-state index in [1.165, 1.54) is 18.1 Å². The summed E-state index contributed by atoms with van der Waals surface area (Å²) in [6.45, 7) is 2.01. The van der Waals surface area contributed by atoms with Crippen LogP contribution in [-0.2, 0) is 0 Å². The zero-order chi connectivity index (χ0) is 12.3. The molecule has 17 heavy (non-hydrogen) atoms. The Morgan fingerprint density at radius 3 is 2.76 bits per heavy atom. The lowest BCUT2D eigenvalue weighted by Gasteiger charge is -2.06. The molecule has 5 heteroatoms. The van der Waals surface area contributed by atoms with Crippen LogP contribution in [0.4, 0.5) is 0 Å². The number of carbonyl (C=O) groups excluding carboxylic acids is 1. The fourth-order valence-electron chi connectivity index (χ4n) is 1.31. The third-order valence-electron chi connectivity index (χ3n) is 2.22. The summed E-state index contributed by atoms with van der Waals surface area (Å²) in [5.41, 5.74) is 1.46. The van der Waals surface area contributed by atoms with Crippen LogP contribution in [0.25, 0.3) is 0 Å². The van der Waals surface area contributed by atoms with Gasteiger partial charge < -0.3 is 0 Å². The van der Waals surface area contributed by atoms with Crippen molar-refractivity contribution in [3.63, 3.8) is 0 Å². The van der Waals surface area contributed by atoms with Crippen LogP contribution in [0.1, 0.15) is 15.9 Å². The van der Waals surface area contributed by atoms with Crippen molar-refractivity contribution in [3.8, 4) is 0 Å². The van der Waals surface area contributed by atoms with E-state index in [0.29, 0.717) is 16.9 Å². The number of rotatable bonds is 3. The molecule has 0 aliphatic heterocycles. The number of carbonyl (C=O) groups is 1. The van der Waals surface area contributed by atoms with Gasteiger partial charge in [-0.3, -0.25) is 4.79 Å². The highest BCUT2D eigenvalue weighted by molar-refractivity contribution is 7.99. The quantitative estimate of drug-likeness (QED) is 0.629. The molecule has 1 aromatic carbocycles. The number of aryl methyl sites for hydroxylation is 1. The molecule has 0 radical (unpaired) electrons. The average Bonchev–Trinajstić information content (AvgIpc) is 2.32. The Balaban J connectivity index is 2.40. The number of aromatic nitrogens is 2. The van der Waals surface area contributed by atoms with Crippen LogP contribution in [0.5, 0.6) is 0 Å². The average molecular weight is 265 g/mol. The van der Waals surface area contributed by atoms with Crippen LogP contribution in [0.3, 0.4) is 0 Å². The maximum absolute atomic E-state index is 10.9. The van der Waals surface area contributed by atoms with E-state index in [1.807, 2.05) is 31.2 Å². The summed E-state index contributed by atoms with van der Waals surface area (Å²) in [5, 5.41) is 0.764. The minimum absolute atomic E-state index is 0.186. The Hall–Kier alpha value is -1.39. The fraction of sp³-hybridized carbons (Fsp3) is 0.0833. The first kappa shape index (κ1) is 12.1. The molecule has 0 amide bonds. The smallest absolute Gasteiger partial charge is 0.155 e. The number of hydrogen-bond donors (Lipinski definition) is 0. The predicted molar refractivity (Wildman–Crippen MR) is 67.7 cm³/mol. The van der Waals surface area contributed by atoms with E-state index in [4.69, 9.17) is 11.6 Å². The molecule has 0 atom stereocenters. The van der Waals surface area contributed by atoms with Gasteiger partial charge >= 0.3 is 0 Å². The van der Waals surface area contributed by atoms with Crippen molar-refractivity contribution < 1.29 is 4.79 Å². The zero-order valence-corrected chi connectivity index (χ0v) is 10.6. The molecule has 0 saturated heterocycles. The van der Waals surface area contributed by atoms with E-state index in [0.717, 1.165) is 10.5 Å². The second-order valence-corrected chi connectivity index (χ2v) is 4.76. The van der Waals surface area contributed by atoms with Crippen molar-refractivity contribution in [1.29, 1.82) is 0 Å². The van der Waals surface area contributed by atoms with Gasteiger partial charge in [-0.25, -0.2) is 9.97 Å². The normalized spacial score (nSPS) is 10.2. The Morgan fingerprint density at radius 2 is 2.06 bits per heavy atom. The molecular weight excluding hydrogens is 256 g/mol. The number of nitrogens with zero attached hydrogens (tertiary/aromatic N) is 2. The van der Waals surface area contributed by atoms with Gasteiger partial charge in [0.1, 0.15) is 16.5 Å². The van der Waals surface area contributed by atoms with Gasteiger partial charge in [0.2, 0.25) is 0 Å². The molecule has 0 N–H and O–H groups in total. The van der Waals surface area contributed by atoms with Crippen LogP contribution in [-0.4, -0.2) is 16.3 Å². The van der Waals surface area contributed by atoms with Gasteiger partial charge in [-0.2, -0.15) is 0 Å². The number of hydrogen-bond acceptors (Lipinski definition) is 4. The van der Waals surface area contributed by atoms with Gasteiger partial charge in [-0.1, -0.05) is 41.6 Å². The molecular formula is C12H9ClN2OS. The molecule has 0 saturated carbocycles. The molecule has 1 heterocycles. The highest BCUT2D eigenvalue weighted by Gasteiger charge is 2.11. The molecule has 0 spiro atoms. The van der Waals surface area contributed by atoms with Gasteiger partial charge in [-0.05, 0) is 18.6 Å². The number of benzene rings is 1. The fourth-order valence-corrected chi connectivity index (χ4v) is 2.49. The topological polar surface area (TPSA) is 42.9 Å². The van der Waals surface area contributed by atoms with E-state index < -0.39 is 0 Å². The van der Waals surface area contributed by atoms with Crippen molar-refractivity contribution in [1.82, 2.24) is 9.97 Å². The highest BCUT2D eigenvalue weighted by Crippen LogP contribution is 2.31. The van der Waals surface area contributed by atoms with Gasteiger partial charge in [0, 0.05) is 4.90 Å². The lowest BCUT2D eigenvalue weighted by Crippen LogP contribution is -1.94. The third kappa shape index (κ3) is 2.65. The van der Waals surface area contributed by atoms with Crippen LogP contribution in [0.15, 0.2) is 40.5 Å². The molecule has 0 aliphatic carbocycles. The molecule has 1 aromatic heterocycles. The zero-order valence-electron chi connectivity index (χ0n) is 9.05. The summed E-state index contributed by atoms with van der Waals surface area (Å²) in [5.74, 6) is 0. The van der Waals surface area contributed by atoms with E-state index in [1.54, 1.807) is 0 Å². The predicted octanol–water partition coefficient (Wildman–Crippen LogP) is 3.40. The van der Waals surface area contributed by atoms with Crippen LogP contribution < -0.4 is 0 Å². The molecule has 0 unspecified atom stereocenters. The monoisotopic (exact) mass is 264 g/mol.